The van der Waals surface area contributed by atoms with Crippen molar-refractivity contribution in [1.29, 1.82) is 0 Å². The average Bonchev–Trinajstić information content (AvgIpc) is 3.12. The summed E-state index contributed by atoms with van der Waals surface area (Å²) in [6.45, 7) is 5.26. The predicted octanol–water partition coefficient (Wildman–Crippen LogP) is 2.44. The van der Waals surface area contributed by atoms with Crippen molar-refractivity contribution >= 4 is 11.9 Å². The maximum atomic E-state index is 11.8. The SMILES string of the molecule is CC(=O)N(C1CC1)C(C(=O)O)c1cc(C)ccc1C. The highest BCUT2D eigenvalue weighted by Gasteiger charge is 2.40. The van der Waals surface area contributed by atoms with Crippen molar-refractivity contribution in [2.45, 2.75) is 45.7 Å². The zero-order valence-corrected chi connectivity index (χ0v) is 11.5. The van der Waals surface area contributed by atoms with Gasteiger partial charge in [0.25, 0.3) is 0 Å². The number of hydrogen-bond acceptors (Lipinski definition) is 2. The summed E-state index contributed by atoms with van der Waals surface area (Å²) in [5.41, 5.74) is 2.63. The highest BCUT2D eigenvalue weighted by Crippen LogP contribution is 2.36. The van der Waals surface area contributed by atoms with E-state index in [0.29, 0.717) is 0 Å². The number of aliphatic carboxylic acids is 1. The summed E-state index contributed by atoms with van der Waals surface area (Å²) in [6, 6.07) is 4.94. The van der Waals surface area contributed by atoms with Gasteiger partial charge in [0.05, 0.1) is 0 Å². The van der Waals surface area contributed by atoms with E-state index in [2.05, 4.69) is 0 Å². The van der Waals surface area contributed by atoms with Gasteiger partial charge in [-0.25, -0.2) is 4.79 Å². The van der Waals surface area contributed by atoms with E-state index in [1.165, 1.54) is 11.8 Å². The quantitative estimate of drug-likeness (QED) is 0.905. The molecule has 0 heterocycles. The Balaban J connectivity index is 2.47. The van der Waals surface area contributed by atoms with Crippen LogP contribution >= 0.6 is 0 Å². The Morgan fingerprint density at radius 2 is 1.95 bits per heavy atom. The molecule has 0 bridgehead atoms. The van der Waals surface area contributed by atoms with Crippen LogP contribution in [0.4, 0.5) is 0 Å². The molecule has 1 aromatic carbocycles. The molecular weight excluding hydrogens is 242 g/mol. The number of benzene rings is 1. The van der Waals surface area contributed by atoms with E-state index in [9.17, 15) is 14.7 Å². The molecule has 0 spiro atoms. The molecule has 1 aliphatic rings. The molecule has 1 amide bonds. The number of carbonyl (C=O) groups excluding carboxylic acids is 1. The highest BCUT2D eigenvalue weighted by atomic mass is 16.4. The molecule has 1 unspecified atom stereocenters. The molecule has 1 saturated carbocycles. The first-order valence-corrected chi connectivity index (χ1v) is 6.50. The fourth-order valence-electron chi connectivity index (χ4n) is 2.46. The van der Waals surface area contributed by atoms with Crippen LogP contribution < -0.4 is 0 Å². The topological polar surface area (TPSA) is 57.6 Å². The summed E-state index contributed by atoms with van der Waals surface area (Å²) in [6.07, 6.45) is 1.79. The minimum Gasteiger partial charge on any atom is -0.479 e. The number of carbonyl (C=O) groups is 2. The molecule has 1 fully saturated rings. The second-order valence-corrected chi connectivity index (χ2v) is 5.26. The summed E-state index contributed by atoms with van der Waals surface area (Å²) in [4.78, 5) is 25.0. The van der Waals surface area contributed by atoms with Gasteiger partial charge in [-0.15, -0.1) is 0 Å². The van der Waals surface area contributed by atoms with Crippen LogP contribution in [0.2, 0.25) is 0 Å². The Morgan fingerprint density at radius 1 is 1.32 bits per heavy atom. The van der Waals surface area contributed by atoms with Gasteiger partial charge >= 0.3 is 5.97 Å². The number of rotatable bonds is 4. The predicted molar refractivity (Wildman–Crippen MR) is 71.8 cm³/mol. The van der Waals surface area contributed by atoms with Crippen molar-refractivity contribution in [3.63, 3.8) is 0 Å². The molecule has 1 N–H and O–H groups in total. The molecule has 1 aromatic rings. The van der Waals surface area contributed by atoms with Gasteiger partial charge in [-0.2, -0.15) is 0 Å². The zero-order valence-electron chi connectivity index (χ0n) is 11.5. The fourth-order valence-corrected chi connectivity index (χ4v) is 2.46. The Kier molecular flexibility index (Phi) is 3.60. The third-order valence-corrected chi connectivity index (χ3v) is 3.55. The Bertz CT molecular complexity index is 520. The minimum absolute atomic E-state index is 0.0820. The molecule has 1 aliphatic carbocycles. The van der Waals surface area contributed by atoms with E-state index in [1.54, 1.807) is 0 Å². The van der Waals surface area contributed by atoms with Gasteiger partial charge in [-0.3, -0.25) is 4.79 Å². The van der Waals surface area contributed by atoms with Crippen LogP contribution in [0.15, 0.2) is 18.2 Å². The molecule has 0 radical (unpaired) electrons. The smallest absolute Gasteiger partial charge is 0.331 e. The summed E-state index contributed by atoms with van der Waals surface area (Å²) in [5, 5.41) is 9.54. The van der Waals surface area contributed by atoms with Gasteiger partial charge in [-0.05, 0) is 37.8 Å². The lowest BCUT2D eigenvalue weighted by molar-refractivity contribution is -0.150. The zero-order chi connectivity index (χ0) is 14.2. The summed E-state index contributed by atoms with van der Waals surface area (Å²) < 4.78 is 0. The van der Waals surface area contributed by atoms with Crippen LogP contribution in [0.1, 0.15) is 42.5 Å². The van der Waals surface area contributed by atoms with E-state index in [0.717, 1.165) is 29.5 Å². The van der Waals surface area contributed by atoms with Gasteiger partial charge in [0.2, 0.25) is 5.91 Å². The largest absolute Gasteiger partial charge is 0.479 e. The number of nitrogens with zero attached hydrogens (tertiary/aromatic N) is 1. The molecule has 0 saturated heterocycles. The Hall–Kier alpha value is -1.84. The molecule has 1 atom stereocenters. The summed E-state index contributed by atoms with van der Waals surface area (Å²) in [7, 11) is 0. The summed E-state index contributed by atoms with van der Waals surface area (Å²) >= 11 is 0. The third kappa shape index (κ3) is 2.78. The van der Waals surface area contributed by atoms with Gasteiger partial charge in [0.1, 0.15) is 0 Å². The molecular formula is C15H19NO3. The Labute approximate surface area is 113 Å². The second kappa shape index (κ2) is 5.03. The third-order valence-electron chi connectivity index (χ3n) is 3.55. The van der Waals surface area contributed by atoms with Gasteiger partial charge in [0.15, 0.2) is 6.04 Å². The van der Waals surface area contributed by atoms with Crippen LogP contribution in [-0.2, 0) is 9.59 Å². The van der Waals surface area contributed by atoms with Crippen molar-refractivity contribution in [3.05, 3.63) is 34.9 Å². The molecule has 0 aliphatic heterocycles. The lowest BCUT2D eigenvalue weighted by atomic mass is 9.97. The number of carboxylic acids is 1. The lowest BCUT2D eigenvalue weighted by Gasteiger charge is -2.29. The van der Waals surface area contributed by atoms with E-state index >= 15 is 0 Å². The molecule has 102 valence electrons. The maximum Gasteiger partial charge on any atom is 0.331 e. The van der Waals surface area contributed by atoms with E-state index in [-0.39, 0.29) is 11.9 Å². The molecule has 0 aromatic heterocycles. The van der Waals surface area contributed by atoms with Crippen molar-refractivity contribution in [2.24, 2.45) is 0 Å². The molecule has 19 heavy (non-hydrogen) atoms. The van der Waals surface area contributed by atoms with Crippen molar-refractivity contribution in [1.82, 2.24) is 4.90 Å². The van der Waals surface area contributed by atoms with Gasteiger partial charge in [0, 0.05) is 13.0 Å². The monoisotopic (exact) mass is 261 g/mol. The normalized spacial score (nSPS) is 15.9. The van der Waals surface area contributed by atoms with Crippen molar-refractivity contribution in [3.8, 4) is 0 Å². The molecule has 2 rings (SSSR count). The van der Waals surface area contributed by atoms with Crippen molar-refractivity contribution < 1.29 is 14.7 Å². The second-order valence-electron chi connectivity index (χ2n) is 5.26. The van der Waals surface area contributed by atoms with Crippen molar-refractivity contribution in [2.75, 3.05) is 0 Å². The van der Waals surface area contributed by atoms with Crippen LogP contribution in [0.5, 0.6) is 0 Å². The van der Waals surface area contributed by atoms with Crippen LogP contribution in [0, 0.1) is 13.8 Å². The number of aryl methyl sites for hydroxylation is 2. The van der Waals surface area contributed by atoms with Gasteiger partial charge in [-0.1, -0.05) is 23.8 Å². The first-order valence-electron chi connectivity index (χ1n) is 6.50. The molecule has 4 heteroatoms. The average molecular weight is 261 g/mol. The number of amides is 1. The number of hydrogen-bond donors (Lipinski definition) is 1. The number of carboxylic acid groups (broad SMARTS) is 1. The van der Waals surface area contributed by atoms with Gasteiger partial charge < -0.3 is 10.0 Å². The summed E-state index contributed by atoms with van der Waals surface area (Å²) in [5.74, 6) is -1.13. The maximum absolute atomic E-state index is 11.8. The minimum atomic E-state index is -0.962. The fraction of sp³-hybridized carbons (Fsp3) is 0.467. The lowest BCUT2D eigenvalue weighted by Crippen LogP contribution is -2.39. The standard InChI is InChI=1S/C15H19NO3/c1-9-4-5-10(2)13(8-9)14(15(18)19)16(11(3)17)12-6-7-12/h4-5,8,12,14H,6-7H2,1-3H3,(H,18,19). The molecule has 4 nitrogen and oxygen atoms in total. The van der Waals surface area contributed by atoms with E-state index in [1.807, 2.05) is 32.0 Å². The van der Waals surface area contributed by atoms with E-state index in [4.69, 9.17) is 0 Å². The van der Waals surface area contributed by atoms with Crippen LogP contribution in [0.3, 0.4) is 0 Å². The Morgan fingerprint density at radius 3 is 2.42 bits per heavy atom. The first kappa shape index (κ1) is 13.6. The van der Waals surface area contributed by atoms with E-state index < -0.39 is 12.0 Å². The van der Waals surface area contributed by atoms with Crippen LogP contribution in [0.25, 0.3) is 0 Å². The highest BCUT2D eigenvalue weighted by molar-refractivity contribution is 5.84. The van der Waals surface area contributed by atoms with Crippen LogP contribution in [-0.4, -0.2) is 27.9 Å². The first-order chi connectivity index (χ1) is 8.91.